The van der Waals surface area contributed by atoms with Gasteiger partial charge in [-0.3, -0.25) is 0 Å². The summed E-state index contributed by atoms with van der Waals surface area (Å²) in [6.07, 6.45) is 0. The highest BCUT2D eigenvalue weighted by Crippen LogP contribution is 2.44. The van der Waals surface area contributed by atoms with E-state index in [-0.39, 0.29) is 126 Å². The number of hydrogen-bond donors (Lipinski definition) is 0. The molecule has 1 aromatic heterocycles. The highest BCUT2D eigenvalue weighted by molar-refractivity contribution is 6.22. The van der Waals surface area contributed by atoms with Crippen molar-refractivity contribution in [3.8, 4) is 33.4 Å². The van der Waals surface area contributed by atoms with Crippen LogP contribution in [0.3, 0.4) is 0 Å². The van der Waals surface area contributed by atoms with Gasteiger partial charge < -0.3 is 4.42 Å². The van der Waals surface area contributed by atoms with Crippen LogP contribution in [0.2, 0.25) is 0 Å². The molecule has 1 heterocycles. The van der Waals surface area contributed by atoms with Gasteiger partial charge in [0.1, 0.15) is 11.2 Å². The van der Waals surface area contributed by atoms with Gasteiger partial charge in [-0.25, -0.2) is 0 Å². The van der Waals surface area contributed by atoms with Crippen molar-refractivity contribution >= 4 is 43.5 Å². The summed E-state index contributed by atoms with van der Waals surface area (Å²) in [5.41, 5.74) is 0.215. The van der Waals surface area contributed by atoms with E-state index in [9.17, 15) is 2.74 Å². The Morgan fingerprint density at radius 1 is 0.359 bits per heavy atom. The van der Waals surface area contributed by atoms with Crippen molar-refractivity contribution in [3.63, 3.8) is 0 Å². The van der Waals surface area contributed by atoms with E-state index in [1.807, 2.05) is 0 Å². The maximum absolute atomic E-state index is 9.50. The highest BCUT2D eigenvalue weighted by atomic mass is 16.3. The van der Waals surface area contributed by atoms with Crippen molar-refractivity contribution in [1.29, 1.82) is 0 Å². The maximum Gasteiger partial charge on any atom is 0.135 e. The lowest BCUT2D eigenvalue weighted by atomic mass is 9.85. The molecule has 0 saturated heterocycles. The second kappa shape index (κ2) is 8.72. The molecule has 182 valence electrons. The quantitative estimate of drug-likeness (QED) is 0.215. The second-order valence-corrected chi connectivity index (χ2v) is 8.89. The zero-order valence-electron chi connectivity index (χ0n) is 36.0. The lowest BCUT2D eigenvalue weighted by Crippen LogP contribution is -1.91. The van der Waals surface area contributed by atoms with E-state index in [0.29, 0.717) is 5.56 Å². The van der Waals surface area contributed by atoms with Crippen molar-refractivity contribution in [1.82, 2.24) is 0 Å². The summed E-state index contributed by atoms with van der Waals surface area (Å²) in [6, 6.07) is 5.17. The van der Waals surface area contributed by atoms with Crippen LogP contribution in [0.25, 0.3) is 76.9 Å². The summed E-state index contributed by atoms with van der Waals surface area (Å²) >= 11 is 0. The monoisotopic (exact) mass is 512 g/mol. The number of furan rings is 1. The standard InChI is InChI=1S/C38H24O/c1-2-10-25(11-3-1)26-18-20-27(21-19-26)37-30-13-4-6-15-32(30)38(33-16-7-5-14-31(33)37)28-22-23-36-34(24-28)29-12-8-9-17-35(29)39-36/h1-24H/i1D,2D,3D,4D,5D,6D,7D,8D,9D,12D,17D,18D,19D,22D,23D,24D. The maximum atomic E-state index is 9.50. The highest BCUT2D eigenvalue weighted by Gasteiger charge is 2.17. The zero-order chi connectivity index (χ0) is 39.7. The fraction of sp³-hybridized carbons (Fsp3) is 0. The number of fused-ring (bicyclic) bond motifs is 5. The lowest BCUT2D eigenvalue weighted by molar-refractivity contribution is 0.669. The van der Waals surface area contributed by atoms with Crippen molar-refractivity contribution in [2.75, 3.05) is 0 Å². The Bertz CT molecular complexity index is 2940. The number of benzene rings is 7. The Morgan fingerprint density at radius 2 is 0.923 bits per heavy atom. The van der Waals surface area contributed by atoms with Gasteiger partial charge in [0.25, 0.3) is 0 Å². The molecule has 0 atom stereocenters. The summed E-state index contributed by atoms with van der Waals surface area (Å²) in [5.74, 6) is 0. The van der Waals surface area contributed by atoms with Gasteiger partial charge in [-0.05, 0) is 73.1 Å². The molecule has 0 spiro atoms. The van der Waals surface area contributed by atoms with Crippen LogP contribution < -0.4 is 0 Å². The van der Waals surface area contributed by atoms with Crippen LogP contribution >= 0.6 is 0 Å². The van der Waals surface area contributed by atoms with Gasteiger partial charge in [0, 0.05) is 10.8 Å². The van der Waals surface area contributed by atoms with Crippen molar-refractivity contribution < 1.29 is 26.3 Å². The minimum atomic E-state index is -0.589. The Morgan fingerprint density at radius 3 is 1.59 bits per heavy atom. The average molecular weight is 513 g/mol. The minimum absolute atomic E-state index is 0.0894. The fourth-order valence-corrected chi connectivity index (χ4v) is 5.04. The van der Waals surface area contributed by atoms with Crippen molar-refractivity contribution in [2.45, 2.75) is 0 Å². The molecule has 8 rings (SSSR count). The Labute approximate surface area is 249 Å². The normalized spacial score (nSPS) is 17.3. The van der Waals surface area contributed by atoms with Crippen molar-refractivity contribution in [2.24, 2.45) is 0 Å². The van der Waals surface area contributed by atoms with E-state index >= 15 is 0 Å². The van der Waals surface area contributed by atoms with E-state index in [1.165, 1.54) is 48.5 Å². The molecular formula is C38H24O. The lowest BCUT2D eigenvalue weighted by Gasteiger charge is -2.18. The molecule has 0 saturated carbocycles. The largest absolute Gasteiger partial charge is 0.456 e. The number of hydrogen-bond acceptors (Lipinski definition) is 1. The van der Waals surface area contributed by atoms with E-state index in [0.717, 1.165) is 0 Å². The first-order valence-electron chi connectivity index (χ1n) is 20.0. The van der Waals surface area contributed by atoms with Gasteiger partial charge in [-0.15, -0.1) is 0 Å². The molecule has 0 aliphatic carbocycles. The van der Waals surface area contributed by atoms with Gasteiger partial charge in [-0.1, -0.05) is 127 Å². The molecule has 1 nitrogen and oxygen atoms in total. The van der Waals surface area contributed by atoms with Crippen LogP contribution in [0.15, 0.2) is 150 Å². The third-order valence-electron chi connectivity index (χ3n) is 6.75. The first-order chi connectivity index (χ1) is 25.9. The van der Waals surface area contributed by atoms with E-state index in [2.05, 4.69) is 0 Å². The molecular weight excluding hydrogens is 472 g/mol. The topological polar surface area (TPSA) is 13.1 Å². The molecule has 8 aromatic rings. The zero-order valence-corrected chi connectivity index (χ0v) is 20.0. The summed E-state index contributed by atoms with van der Waals surface area (Å²) in [7, 11) is 0. The molecule has 0 unspecified atom stereocenters. The molecule has 0 N–H and O–H groups in total. The third kappa shape index (κ3) is 3.48. The SMILES string of the molecule is [2H]c1cc2c(-c3cc([2H])c(-c4cc([2H])c([2H])c([2H])c4)c([2H])c3)c3cc([2H])c([2H])cc3c(-c3c([2H])c([2H])c4oc5c([2H])c([2H])c([2H])c([2H])c5c4c3[2H])c2cc1[2H]. The van der Waals surface area contributed by atoms with E-state index in [1.54, 1.807) is 0 Å². The number of para-hydroxylation sites is 1. The molecule has 7 aromatic carbocycles. The van der Waals surface area contributed by atoms with Gasteiger partial charge in [0.15, 0.2) is 0 Å². The summed E-state index contributed by atoms with van der Waals surface area (Å²) in [5, 5.41) is 0.611. The minimum Gasteiger partial charge on any atom is -0.456 e. The smallest absolute Gasteiger partial charge is 0.135 e. The van der Waals surface area contributed by atoms with Crippen molar-refractivity contribution in [3.05, 3.63) is 145 Å². The summed E-state index contributed by atoms with van der Waals surface area (Å²) in [4.78, 5) is 0. The molecule has 0 amide bonds. The molecule has 0 aliphatic heterocycles. The Balaban J connectivity index is 1.54. The molecule has 0 radical (unpaired) electrons. The fourth-order valence-electron chi connectivity index (χ4n) is 5.04. The molecule has 0 bridgehead atoms. The van der Waals surface area contributed by atoms with Gasteiger partial charge >= 0.3 is 0 Å². The summed E-state index contributed by atoms with van der Waals surface area (Å²) in [6.45, 7) is 0. The first kappa shape index (κ1) is 11.3. The van der Waals surface area contributed by atoms with Crippen LogP contribution in [-0.4, -0.2) is 0 Å². The van der Waals surface area contributed by atoms with Crippen LogP contribution in [0.4, 0.5) is 0 Å². The van der Waals surface area contributed by atoms with E-state index in [4.69, 9.17) is 23.6 Å². The average Bonchev–Trinajstić information content (AvgIpc) is 3.54. The van der Waals surface area contributed by atoms with Crippen LogP contribution in [-0.2, 0) is 0 Å². The van der Waals surface area contributed by atoms with E-state index < -0.39 is 42.3 Å². The summed E-state index contributed by atoms with van der Waals surface area (Å²) < 4.78 is 144. The molecule has 0 aliphatic rings. The second-order valence-electron chi connectivity index (χ2n) is 8.89. The molecule has 39 heavy (non-hydrogen) atoms. The predicted molar refractivity (Wildman–Crippen MR) is 165 cm³/mol. The van der Waals surface area contributed by atoms with Crippen LogP contribution in [0.5, 0.6) is 0 Å². The molecule has 1 heteroatoms. The predicted octanol–water partition coefficient (Wildman–Crippen LogP) is 10.9. The first-order valence-corrected chi connectivity index (χ1v) is 12.0. The van der Waals surface area contributed by atoms with Gasteiger partial charge in [0.05, 0.1) is 21.9 Å². The number of rotatable bonds is 3. The Kier molecular flexibility index (Phi) is 2.53. The molecule has 0 fully saturated rings. The van der Waals surface area contributed by atoms with Gasteiger partial charge in [0.2, 0.25) is 0 Å². The van der Waals surface area contributed by atoms with Crippen LogP contribution in [0, 0.1) is 0 Å². The van der Waals surface area contributed by atoms with Gasteiger partial charge in [-0.2, -0.15) is 0 Å². The van der Waals surface area contributed by atoms with Crippen LogP contribution in [0.1, 0.15) is 21.9 Å². The Hall–Kier alpha value is -5.14. The third-order valence-corrected chi connectivity index (χ3v) is 6.75.